The molecular weight excluding hydrogens is 327 g/mol. The highest BCUT2D eigenvalue weighted by molar-refractivity contribution is 5.87. The van der Waals surface area contributed by atoms with Crippen LogP contribution in [0, 0.1) is 5.82 Å². The van der Waals surface area contributed by atoms with Gasteiger partial charge in [0.2, 0.25) is 5.88 Å². The van der Waals surface area contributed by atoms with Crippen molar-refractivity contribution in [3.63, 3.8) is 0 Å². The lowest BCUT2D eigenvalue weighted by molar-refractivity contribution is 0.332. The number of benzene rings is 1. The van der Waals surface area contributed by atoms with Gasteiger partial charge >= 0.3 is 0 Å². The highest BCUT2D eigenvalue weighted by Gasteiger charge is 2.16. The summed E-state index contributed by atoms with van der Waals surface area (Å²) >= 11 is 0. The maximum Gasteiger partial charge on any atom is 0.295 e. The van der Waals surface area contributed by atoms with Gasteiger partial charge < -0.3 is 20.3 Å². The largest absolute Gasteiger partial charge is 0.486 e. The third-order valence-corrected chi connectivity index (χ3v) is 3.89. The number of anilines is 1. The van der Waals surface area contributed by atoms with Gasteiger partial charge in [-0.25, -0.2) is 4.39 Å². The predicted molar refractivity (Wildman–Crippen MR) is 89.2 cm³/mol. The number of halogens is 1. The Bertz CT molecular complexity index is 984. The number of nitrogens with zero attached hydrogens (tertiary/aromatic N) is 3. The van der Waals surface area contributed by atoms with E-state index < -0.39 is 5.82 Å². The van der Waals surface area contributed by atoms with Crippen molar-refractivity contribution >= 4 is 16.9 Å². The summed E-state index contributed by atoms with van der Waals surface area (Å²) in [7, 11) is 0. The minimum Gasteiger partial charge on any atom is -0.486 e. The van der Waals surface area contributed by atoms with Gasteiger partial charge in [-0.15, -0.1) is 0 Å². The number of nitrogens with two attached hydrogens (primary N) is 1. The van der Waals surface area contributed by atoms with Gasteiger partial charge in [-0.2, -0.15) is 9.97 Å². The molecule has 4 bridgehead atoms. The minimum atomic E-state index is -0.448. The number of rotatable bonds is 0. The second kappa shape index (κ2) is 5.97. The fraction of sp³-hybridized carbons (Fsp3) is 0.176. The SMILES string of the molecule is Nc1nc2cc3c1nc(O)n3Cc1ccc(F)c(c1)OC/C=C/CO2. The summed E-state index contributed by atoms with van der Waals surface area (Å²) in [6.45, 7) is 0.724. The molecular formula is C17H15FN4O3. The molecule has 0 saturated carbocycles. The van der Waals surface area contributed by atoms with E-state index in [0.29, 0.717) is 16.9 Å². The molecule has 0 atom stereocenters. The van der Waals surface area contributed by atoms with Crippen LogP contribution in [-0.4, -0.2) is 32.9 Å². The third kappa shape index (κ3) is 2.82. The van der Waals surface area contributed by atoms with Gasteiger partial charge in [-0.3, -0.25) is 4.57 Å². The molecule has 1 aromatic carbocycles. The van der Waals surface area contributed by atoms with E-state index in [1.54, 1.807) is 34.9 Å². The Labute approximate surface area is 142 Å². The summed E-state index contributed by atoms with van der Waals surface area (Å²) < 4.78 is 26.4. The van der Waals surface area contributed by atoms with Crippen LogP contribution in [0.3, 0.4) is 0 Å². The number of fused-ring (bicyclic) bond motifs is 3. The summed E-state index contributed by atoms with van der Waals surface area (Å²) in [6, 6.07) is 6.01. The molecule has 8 heteroatoms. The molecule has 0 saturated heterocycles. The van der Waals surface area contributed by atoms with Crippen molar-refractivity contribution < 1.29 is 19.0 Å². The molecule has 3 N–H and O–H groups in total. The van der Waals surface area contributed by atoms with E-state index in [1.165, 1.54) is 6.07 Å². The Hall–Kier alpha value is -3.29. The van der Waals surface area contributed by atoms with Gasteiger partial charge in [0.25, 0.3) is 6.01 Å². The number of ether oxygens (including phenoxy) is 2. The summed E-state index contributed by atoms with van der Waals surface area (Å²) in [4.78, 5) is 8.20. The third-order valence-electron chi connectivity index (χ3n) is 3.89. The Balaban J connectivity index is 1.88. The van der Waals surface area contributed by atoms with Gasteiger partial charge in [0.05, 0.1) is 12.1 Å². The molecule has 4 rings (SSSR count). The second-order valence-corrected chi connectivity index (χ2v) is 5.57. The molecule has 128 valence electrons. The molecule has 0 fully saturated rings. The van der Waals surface area contributed by atoms with Crippen molar-refractivity contribution in [3.05, 3.63) is 47.8 Å². The first-order valence-electron chi connectivity index (χ1n) is 7.66. The standard InChI is InChI=1S/C17H15FN4O3/c18-11-4-3-10-7-13(11)24-5-1-2-6-25-14-8-12-15(16(19)20-14)21-17(23)22(12)9-10/h1-4,7-8H,5-6,9H2,(H2,19,20)(H,21,23)/b2-1+. The minimum absolute atomic E-state index is 0.144. The van der Waals surface area contributed by atoms with E-state index >= 15 is 0 Å². The van der Waals surface area contributed by atoms with E-state index in [0.717, 1.165) is 5.56 Å². The molecule has 25 heavy (non-hydrogen) atoms. The predicted octanol–water partition coefficient (Wildman–Crippen LogP) is 2.23. The number of hydrogen-bond donors (Lipinski definition) is 2. The average Bonchev–Trinajstić information content (AvgIpc) is 2.90. The molecule has 1 aliphatic heterocycles. The van der Waals surface area contributed by atoms with Crippen LogP contribution in [0.25, 0.3) is 11.0 Å². The molecule has 0 radical (unpaired) electrons. The second-order valence-electron chi connectivity index (χ2n) is 5.57. The summed E-state index contributed by atoms with van der Waals surface area (Å²) in [6.07, 6.45) is 3.47. The normalized spacial score (nSPS) is 15.4. The fourth-order valence-electron chi connectivity index (χ4n) is 2.69. The Morgan fingerprint density at radius 3 is 2.76 bits per heavy atom. The lowest BCUT2D eigenvalue weighted by Gasteiger charge is -2.11. The average molecular weight is 342 g/mol. The first kappa shape index (κ1) is 15.3. The van der Waals surface area contributed by atoms with Crippen LogP contribution in [0.5, 0.6) is 17.6 Å². The maximum atomic E-state index is 13.9. The van der Waals surface area contributed by atoms with Crippen molar-refractivity contribution in [2.24, 2.45) is 0 Å². The van der Waals surface area contributed by atoms with Crippen molar-refractivity contribution in [1.82, 2.24) is 14.5 Å². The molecule has 7 nitrogen and oxygen atoms in total. The van der Waals surface area contributed by atoms with Gasteiger partial charge in [0.15, 0.2) is 17.4 Å². The first-order valence-corrected chi connectivity index (χ1v) is 7.66. The van der Waals surface area contributed by atoms with Crippen molar-refractivity contribution in [1.29, 1.82) is 0 Å². The molecule has 3 heterocycles. The van der Waals surface area contributed by atoms with Gasteiger partial charge in [0, 0.05) is 6.07 Å². The Morgan fingerprint density at radius 2 is 1.92 bits per heavy atom. The van der Waals surface area contributed by atoms with Crippen LogP contribution >= 0.6 is 0 Å². The smallest absolute Gasteiger partial charge is 0.295 e. The molecule has 2 aromatic heterocycles. The number of aromatic hydroxyl groups is 1. The lowest BCUT2D eigenvalue weighted by Crippen LogP contribution is -2.05. The highest BCUT2D eigenvalue weighted by atomic mass is 19.1. The summed E-state index contributed by atoms with van der Waals surface area (Å²) in [5.74, 6) is 0.191. The highest BCUT2D eigenvalue weighted by Crippen LogP contribution is 2.29. The van der Waals surface area contributed by atoms with Crippen molar-refractivity contribution in [2.45, 2.75) is 6.54 Å². The van der Waals surface area contributed by atoms with E-state index in [1.807, 2.05) is 0 Å². The maximum absolute atomic E-state index is 13.9. The molecule has 0 aliphatic carbocycles. The monoisotopic (exact) mass is 342 g/mol. The lowest BCUT2D eigenvalue weighted by atomic mass is 10.2. The van der Waals surface area contributed by atoms with Crippen molar-refractivity contribution in [3.8, 4) is 17.6 Å². The molecule has 0 amide bonds. The quantitative estimate of drug-likeness (QED) is 0.608. The zero-order valence-electron chi connectivity index (χ0n) is 13.1. The fourth-order valence-corrected chi connectivity index (χ4v) is 2.69. The Kier molecular flexibility index (Phi) is 3.64. The van der Waals surface area contributed by atoms with E-state index in [9.17, 15) is 9.50 Å². The van der Waals surface area contributed by atoms with Crippen LogP contribution in [0.1, 0.15) is 5.56 Å². The van der Waals surface area contributed by atoms with Gasteiger partial charge in [-0.05, 0) is 29.8 Å². The molecule has 3 aromatic rings. The number of nitrogen functional groups attached to an aromatic ring is 1. The summed E-state index contributed by atoms with van der Waals surface area (Å²) in [5.41, 5.74) is 7.62. The number of aromatic nitrogens is 3. The van der Waals surface area contributed by atoms with Gasteiger partial charge in [0.1, 0.15) is 18.7 Å². The first-order chi connectivity index (χ1) is 12.1. The zero-order chi connectivity index (χ0) is 17.4. The van der Waals surface area contributed by atoms with Crippen LogP contribution in [0.2, 0.25) is 0 Å². The van der Waals surface area contributed by atoms with Crippen molar-refractivity contribution in [2.75, 3.05) is 18.9 Å². The number of hydrogen-bond acceptors (Lipinski definition) is 6. The number of pyridine rings is 1. The van der Waals surface area contributed by atoms with Crippen LogP contribution in [-0.2, 0) is 6.54 Å². The Morgan fingerprint density at radius 1 is 1.12 bits per heavy atom. The molecule has 1 aliphatic rings. The molecule has 0 spiro atoms. The zero-order valence-corrected chi connectivity index (χ0v) is 13.1. The van der Waals surface area contributed by atoms with E-state index in [-0.39, 0.29) is 37.3 Å². The van der Waals surface area contributed by atoms with E-state index in [2.05, 4.69) is 9.97 Å². The molecule has 0 unspecified atom stereocenters. The van der Waals surface area contributed by atoms with Crippen LogP contribution in [0.15, 0.2) is 36.4 Å². The van der Waals surface area contributed by atoms with Crippen LogP contribution in [0.4, 0.5) is 10.2 Å². The van der Waals surface area contributed by atoms with Gasteiger partial charge in [-0.1, -0.05) is 6.07 Å². The topological polar surface area (TPSA) is 95.4 Å². The summed E-state index contributed by atoms with van der Waals surface area (Å²) in [5, 5.41) is 10.2. The van der Waals surface area contributed by atoms with E-state index in [4.69, 9.17) is 15.2 Å². The number of imidazole rings is 1. The van der Waals surface area contributed by atoms with Crippen LogP contribution < -0.4 is 15.2 Å².